The van der Waals surface area contributed by atoms with Crippen molar-refractivity contribution in [2.75, 3.05) is 26.2 Å². The predicted octanol–water partition coefficient (Wildman–Crippen LogP) is 2.63. The number of amides is 1. The first kappa shape index (κ1) is 21.5. The summed E-state index contributed by atoms with van der Waals surface area (Å²) < 4.78 is 5.83. The highest BCUT2D eigenvalue weighted by molar-refractivity contribution is 7.18. The van der Waals surface area contributed by atoms with Crippen LogP contribution < -0.4 is 5.56 Å². The highest BCUT2D eigenvalue weighted by Crippen LogP contribution is 2.26. The maximum atomic E-state index is 13.0. The Morgan fingerprint density at radius 1 is 1.27 bits per heavy atom. The van der Waals surface area contributed by atoms with Crippen molar-refractivity contribution < 1.29 is 9.53 Å². The Bertz CT molecular complexity index is 975. The first-order valence-electron chi connectivity index (χ1n) is 11.0. The number of nitrogens with one attached hydrogen (secondary N) is 1. The van der Waals surface area contributed by atoms with Gasteiger partial charge in [-0.15, -0.1) is 11.3 Å². The number of aromatic amines is 1. The second-order valence-electron chi connectivity index (χ2n) is 8.84. The number of fused-ring (bicyclic) bond motifs is 1. The molecule has 4 rings (SSSR count). The molecule has 164 valence electrons. The Kier molecular flexibility index (Phi) is 6.27. The molecule has 0 saturated carbocycles. The molecule has 0 radical (unpaired) electrons. The Morgan fingerprint density at radius 3 is 2.73 bits per heavy atom. The Morgan fingerprint density at radius 2 is 2.00 bits per heavy atom. The average Bonchev–Trinajstić information content (AvgIpc) is 3.23. The minimum Gasteiger partial charge on any atom is -0.373 e. The first-order chi connectivity index (χ1) is 14.3. The van der Waals surface area contributed by atoms with Gasteiger partial charge >= 0.3 is 0 Å². The number of aryl methyl sites for hydroxylation is 3. The fourth-order valence-corrected chi connectivity index (χ4v) is 5.92. The van der Waals surface area contributed by atoms with E-state index in [-0.39, 0.29) is 29.7 Å². The highest BCUT2D eigenvalue weighted by Gasteiger charge is 2.32. The summed E-state index contributed by atoms with van der Waals surface area (Å²) in [7, 11) is 0. The molecule has 2 saturated heterocycles. The third kappa shape index (κ3) is 4.45. The van der Waals surface area contributed by atoms with Crippen molar-refractivity contribution in [3.8, 4) is 0 Å². The summed E-state index contributed by atoms with van der Waals surface area (Å²) in [6.07, 6.45) is 3.43. The molecule has 0 aliphatic carbocycles. The summed E-state index contributed by atoms with van der Waals surface area (Å²) in [5, 5.41) is 0.682. The zero-order valence-corrected chi connectivity index (χ0v) is 19.2. The van der Waals surface area contributed by atoms with Crippen molar-refractivity contribution in [3.05, 3.63) is 26.6 Å². The van der Waals surface area contributed by atoms with E-state index in [1.165, 1.54) is 0 Å². The van der Waals surface area contributed by atoms with Crippen LogP contribution in [0.15, 0.2) is 4.79 Å². The highest BCUT2D eigenvalue weighted by atomic mass is 32.1. The summed E-state index contributed by atoms with van der Waals surface area (Å²) in [4.78, 5) is 39.3. The van der Waals surface area contributed by atoms with Gasteiger partial charge in [-0.3, -0.25) is 14.5 Å². The number of ether oxygens (including phenoxy) is 1. The van der Waals surface area contributed by atoms with Gasteiger partial charge in [0.05, 0.1) is 17.6 Å². The average molecular weight is 433 g/mol. The van der Waals surface area contributed by atoms with Gasteiger partial charge in [0.25, 0.3) is 5.56 Å². The van der Waals surface area contributed by atoms with E-state index >= 15 is 0 Å². The van der Waals surface area contributed by atoms with Crippen LogP contribution in [0.2, 0.25) is 0 Å². The molecular weight excluding hydrogens is 400 g/mol. The first-order valence-corrected chi connectivity index (χ1v) is 11.8. The molecule has 3 unspecified atom stereocenters. The lowest BCUT2D eigenvalue weighted by Crippen LogP contribution is -2.51. The Labute approximate surface area is 181 Å². The van der Waals surface area contributed by atoms with Crippen molar-refractivity contribution in [3.63, 3.8) is 0 Å². The van der Waals surface area contributed by atoms with Gasteiger partial charge in [-0.25, -0.2) is 4.98 Å². The maximum absolute atomic E-state index is 13.0. The van der Waals surface area contributed by atoms with Crippen LogP contribution in [-0.4, -0.2) is 70.1 Å². The predicted molar refractivity (Wildman–Crippen MR) is 119 cm³/mol. The summed E-state index contributed by atoms with van der Waals surface area (Å²) in [5.74, 6) is 0.766. The van der Waals surface area contributed by atoms with Gasteiger partial charge in [0, 0.05) is 49.9 Å². The van der Waals surface area contributed by atoms with Crippen LogP contribution in [0.4, 0.5) is 0 Å². The lowest BCUT2D eigenvalue weighted by molar-refractivity contribution is -0.133. The van der Waals surface area contributed by atoms with E-state index in [1.54, 1.807) is 11.3 Å². The number of morpholine rings is 1. The smallest absolute Gasteiger partial charge is 0.259 e. The molecule has 2 fully saturated rings. The maximum Gasteiger partial charge on any atom is 0.259 e. The van der Waals surface area contributed by atoms with Gasteiger partial charge in [-0.1, -0.05) is 0 Å². The van der Waals surface area contributed by atoms with Gasteiger partial charge in [0.15, 0.2) is 0 Å². The lowest BCUT2D eigenvalue weighted by Gasteiger charge is -2.38. The van der Waals surface area contributed by atoms with E-state index in [9.17, 15) is 9.59 Å². The molecule has 0 spiro atoms. The molecule has 0 aromatic carbocycles. The van der Waals surface area contributed by atoms with Crippen LogP contribution in [-0.2, 0) is 16.0 Å². The van der Waals surface area contributed by atoms with Gasteiger partial charge in [0.1, 0.15) is 10.7 Å². The number of nitrogens with zero attached hydrogens (tertiary/aromatic N) is 3. The molecule has 1 N–H and O–H groups in total. The number of carbonyl (C=O) groups excluding carboxylic acids is 1. The van der Waals surface area contributed by atoms with Crippen LogP contribution >= 0.6 is 11.3 Å². The fraction of sp³-hybridized carbons (Fsp3) is 0.682. The number of likely N-dealkylation sites (tertiary alicyclic amines) is 1. The summed E-state index contributed by atoms with van der Waals surface area (Å²) in [6.45, 7) is 11.8. The second kappa shape index (κ2) is 8.77. The zero-order chi connectivity index (χ0) is 21.4. The number of hydrogen-bond acceptors (Lipinski definition) is 6. The van der Waals surface area contributed by atoms with E-state index in [0.717, 1.165) is 54.3 Å². The van der Waals surface area contributed by atoms with Crippen molar-refractivity contribution in [1.82, 2.24) is 19.8 Å². The largest absolute Gasteiger partial charge is 0.373 e. The number of H-pyrrole nitrogens is 1. The molecular formula is C22H32N4O3S. The van der Waals surface area contributed by atoms with Gasteiger partial charge in [0.2, 0.25) is 5.91 Å². The molecule has 2 aromatic rings. The fourth-order valence-electron chi connectivity index (χ4n) is 4.87. The number of carbonyl (C=O) groups is 1. The molecule has 0 bridgehead atoms. The number of thiophene rings is 1. The Balaban J connectivity index is 1.38. The molecule has 2 aliphatic heterocycles. The van der Waals surface area contributed by atoms with Crippen LogP contribution in [0.1, 0.15) is 49.4 Å². The van der Waals surface area contributed by atoms with Crippen LogP contribution in [0.3, 0.4) is 0 Å². The molecule has 7 nitrogen and oxygen atoms in total. The van der Waals surface area contributed by atoms with Gasteiger partial charge in [-0.05, 0) is 46.1 Å². The molecule has 4 heterocycles. The van der Waals surface area contributed by atoms with E-state index in [2.05, 4.69) is 28.7 Å². The van der Waals surface area contributed by atoms with Gasteiger partial charge < -0.3 is 14.6 Å². The van der Waals surface area contributed by atoms with Crippen molar-refractivity contribution in [2.24, 2.45) is 0 Å². The second-order valence-corrected chi connectivity index (χ2v) is 10.0. The quantitative estimate of drug-likeness (QED) is 0.786. The summed E-state index contributed by atoms with van der Waals surface area (Å²) >= 11 is 1.54. The minimum atomic E-state index is -0.0982. The van der Waals surface area contributed by atoms with Crippen molar-refractivity contribution in [2.45, 2.75) is 71.6 Å². The molecule has 8 heteroatoms. The van der Waals surface area contributed by atoms with E-state index in [0.29, 0.717) is 24.1 Å². The van der Waals surface area contributed by atoms with Crippen LogP contribution in [0, 0.1) is 13.8 Å². The monoisotopic (exact) mass is 432 g/mol. The molecule has 30 heavy (non-hydrogen) atoms. The van der Waals surface area contributed by atoms with E-state index in [1.807, 2.05) is 18.7 Å². The van der Waals surface area contributed by atoms with E-state index in [4.69, 9.17) is 4.74 Å². The van der Waals surface area contributed by atoms with E-state index < -0.39 is 0 Å². The van der Waals surface area contributed by atoms with Gasteiger partial charge in [-0.2, -0.15) is 0 Å². The topological polar surface area (TPSA) is 78.5 Å². The Hall–Kier alpha value is -1.77. The normalized spacial score (nSPS) is 25.3. The third-order valence-electron chi connectivity index (χ3n) is 6.33. The molecule has 3 atom stereocenters. The van der Waals surface area contributed by atoms with Crippen molar-refractivity contribution >= 4 is 27.5 Å². The summed E-state index contributed by atoms with van der Waals surface area (Å²) in [5.41, 5.74) is 0.900. The number of rotatable bonds is 5. The number of aromatic nitrogens is 2. The SMILES string of the molecule is Cc1sc2nc(CCC(=O)N3CCCC3CN3CC(C)OC(C)C3)[nH]c(=O)c2c1C. The molecule has 2 aliphatic rings. The summed E-state index contributed by atoms with van der Waals surface area (Å²) in [6, 6.07) is 0.270. The van der Waals surface area contributed by atoms with Crippen LogP contribution in [0.5, 0.6) is 0 Å². The standard InChI is InChI=1S/C22H32N4O3S/c1-13-10-25(11-14(2)29-13)12-17-6-5-9-26(17)19(27)8-7-18-23-21(28)20-15(3)16(4)30-22(20)24-18/h13-14,17H,5-12H2,1-4H3,(H,23,24,28). The minimum absolute atomic E-state index is 0.0982. The lowest BCUT2D eigenvalue weighted by atomic mass is 10.1. The van der Waals surface area contributed by atoms with Crippen molar-refractivity contribution in [1.29, 1.82) is 0 Å². The molecule has 2 aromatic heterocycles. The zero-order valence-electron chi connectivity index (χ0n) is 18.4. The number of hydrogen-bond donors (Lipinski definition) is 1. The molecule has 1 amide bonds. The third-order valence-corrected chi connectivity index (χ3v) is 7.43. The van der Waals surface area contributed by atoms with Crippen LogP contribution in [0.25, 0.3) is 10.2 Å².